The Balaban J connectivity index is 1.55. The van der Waals surface area contributed by atoms with Gasteiger partial charge in [-0.3, -0.25) is 4.90 Å². The summed E-state index contributed by atoms with van der Waals surface area (Å²) in [4.78, 5) is 15.0. The standard InChI is InChI=1S/C25H23NO4/c1-16-21-12-19-13-26(14-20-9-6-10-28-20)15-29-23(19)17(2)24(21)30-25(27)22(16)11-18-7-4-3-5-8-18/h3-10,12H,11,13-15H2,1-2H3. The van der Waals surface area contributed by atoms with Crippen molar-refractivity contribution in [1.82, 2.24) is 4.90 Å². The second-order valence-electron chi connectivity index (χ2n) is 7.86. The van der Waals surface area contributed by atoms with Crippen LogP contribution in [0, 0.1) is 13.8 Å². The minimum absolute atomic E-state index is 0.276. The number of ether oxygens (including phenoxy) is 1. The van der Waals surface area contributed by atoms with Crippen LogP contribution in [0.2, 0.25) is 0 Å². The van der Waals surface area contributed by atoms with Gasteiger partial charge in [-0.25, -0.2) is 4.79 Å². The third-order valence-electron chi connectivity index (χ3n) is 5.80. The number of fused-ring (bicyclic) bond motifs is 2. The topological polar surface area (TPSA) is 55.8 Å². The van der Waals surface area contributed by atoms with Crippen molar-refractivity contribution in [3.05, 3.63) is 98.8 Å². The molecule has 0 saturated heterocycles. The van der Waals surface area contributed by atoms with Crippen LogP contribution in [0.5, 0.6) is 5.75 Å². The Bertz CT molecular complexity index is 1260. The van der Waals surface area contributed by atoms with Crippen molar-refractivity contribution in [1.29, 1.82) is 0 Å². The lowest BCUT2D eigenvalue weighted by molar-refractivity contribution is 0.0818. The Morgan fingerprint density at radius 1 is 1.03 bits per heavy atom. The Kier molecular flexibility index (Phi) is 4.68. The molecule has 30 heavy (non-hydrogen) atoms. The Labute approximate surface area is 174 Å². The number of furan rings is 1. The van der Waals surface area contributed by atoms with E-state index in [1.54, 1.807) is 6.26 Å². The van der Waals surface area contributed by atoms with E-state index in [0.29, 0.717) is 30.8 Å². The third kappa shape index (κ3) is 3.31. The summed E-state index contributed by atoms with van der Waals surface area (Å²) in [6, 6.07) is 16.0. The summed E-state index contributed by atoms with van der Waals surface area (Å²) >= 11 is 0. The first kappa shape index (κ1) is 18.7. The maximum absolute atomic E-state index is 12.8. The SMILES string of the molecule is Cc1c(Cc2ccccc2)c(=O)oc2c(C)c3c(cc12)CN(Cc1ccco1)CO3. The molecule has 2 aromatic heterocycles. The van der Waals surface area contributed by atoms with Gasteiger partial charge in [0, 0.05) is 35.0 Å². The minimum Gasteiger partial charge on any atom is -0.477 e. The van der Waals surface area contributed by atoms with Crippen LogP contribution in [-0.2, 0) is 19.5 Å². The molecule has 2 aromatic carbocycles. The normalized spacial score (nSPS) is 13.9. The van der Waals surface area contributed by atoms with Crippen molar-refractivity contribution < 1.29 is 13.6 Å². The molecule has 0 N–H and O–H groups in total. The van der Waals surface area contributed by atoms with Gasteiger partial charge < -0.3 is 13.6 Å². The van der Waals surface area contributed by atoms with Gasteiger partial charge in [0.25, 0.3) is 0 Å². The van der Waals surface area contributed by atoms with Gasteiger partial charge in [-0.1, -0.05) is 30.3 Å². The van der Waals surface area contributed by atoms with E-state index in [1.165, 1.54) is 0 Å². The zero-order valence-electron chi connectivity index (χ0n) is 17.1. The molecular weight excluding hydrogens is 378 g/mol. The monoisotopic (exact) mass is 401 g/mol. The quantitative estimate of drug-likeness (QED) is 0.453. The molecular formula is C25H23NO4. The molecule has 5 nitrogen and oxygen atoms in total. The molecule has 0 saturated carbocycles. The molecule has 0 amide bonds. The zero-order valence-corrected chi connectivity index (χ0v) is 17.1. The summed E-state index contributed by atoms with van der Waals surface area (Å²) in [6.07, 6.45) is 2.24. The fourth-order valence-corrected chi connectivity index (χ4v) is 4.22. The summed E-state index contributed by atoms with van der Waals surface area (Å²) in [7, 11) is 0. The maximum atomic E-state index is 12.8. The van der Waals surface area contributed by atoms with E-state index in [-0.39, 0.29) is 5.63 Å². The lowest BCUT2D eigenvalue weighted by Gasteiger charge is -2.29. The highest BCUT2D eigenvalue weighted by Gasteiger charge is 2.24. The average molecular weight is 401 g/mol. The number of aryl methyl sites for hydroxylation is 2. The van der Waals surface area contributed by atoms with Crippen LogP contribution in [0.1, 0.15) is 33.6 Å². The first-order valence-corrected chi connectivity index (χ1v) is 10.1. The van der Waals surface area contributed by atoms with Crippen LogP contribution >= 0.6 is 0 Å². The van der Waals surface area contributed by atoms with Crippen LogP contribution in [0.4, 0.5) is 0 Å². The Hall–Kier alpha value is -3.31. The molecule has 5 heteroatoms. The lowest BCUT2D eigenvalue weighted by Crippen LogP contribution is -2.31. The minimum atomic E-state index is -0.276. The molecule has 4 aromatic rings. The molecule has 0 radical (unpaired) electrons. The number of rotatable bonds is 4. The molecule has 5 rings (SSSR count). The predicted octanol–water partition coefficient (Wildman–Crippen LogP) is 4.95. The highest BCUT2D eigenvalue weighted by Crippen LogP contribution is 2.36. The second-order valence-corrected chi connectivity index (χ2v) is 7.86. The summed E-state index contributed by atoms with van der Waals surface area (Å²) in [5.41, 5.74) is 5.09. The lowest BCUT2D eigenvalue weighted by atomic mass is 9.96. The van der Waals surface area contributed by atoms with Gasteiger partial charge >= 0.3 is 5.63 Å². The highest BCUT2D eigenvalue weighted by atomic mass is 16.5. The van der Waals surface area contributed by atoms with E-state index in [1.807, 2.05) is 56.3 Å². The fraction of sp³-hybridized carbons (Fsp3) is 0.240. The number of hydrogen-bond acceptors (Lipinski definition) is 5. The van der Waals surface area contributed by atoms with E-state index in [0.717, 1.165) is 45.7 Å². The summed E-state index contributed by atoms with van der Waals surface area (Å²) in [6.45, 7) is 5.87. The number of nitrogens with zero attached hydrogens (tertiary/aromatic N) is 1. The molecule has 1 aliphatic heterocycles. The van der Waals surface area contributed by atoms with Gasteiger partial charge in [0.15, 0.2) is 0 Å². The van der Waals surface area contributed by atoms with Crippen molar-refractivity contribution in [3.63, 3.8) is 0 Å². The summed E-state index contributed by atoms with van der Waals surface area (Å²) in [5.74, 6) is 1.73. The van der Waals surface area contributed by atoms with Crippen molar-refractivity contribution in [3.8, 4) is 5.75 Å². The molecule has 0 aliphatic carbocycles. The van der Waals surface area contributed by atoms with Crippen LogP contribution in [0.15, 0.2) is 68.4 Å². The average Bonchev–Trinajstić information content (AvgIpc) is 3.26. The van der Waals surface area contributed by atoms with E-state index in [9.17, 15) is 4.79 Å². The molecule has 0 bridgehead atoms. The molecule has 0 spiro atoms. The zero-order chi connectivity index (χ0) is 20.7. The van der Waals surface area contributed by atoms with E-state index in [4.69, 9.17) is 13.6 Å². The van der Waals surface area contributed by atoms with Gasteiger partial charge in [0.05, 0.1) is 12.8 Å². The summed E-state index contributed by atoms with van der Waals surface area (Å²) in [5, 5.41) is 0.972. The van der Waals surface area contributed by atoms with Crippen LogP contribution in [-0.4, -0.2) is 11.6 Å². The Morgan fingerprint density at radius 2 is 1.87 bits per heavy atom. The van der Waals surface area contributed by atoms with Crippen LogP contribution in [0.3, 0.4) is 0 Å². The van der Waals surface area contributed by atoms with Crippen molar-refractivity contribution in [2.24, 2.45) is 0 Å². The summed E-state index contributed by atoms with van der Waals surface area (Å²) < 4.78 is 17.3. The number of benzene rings is 2. The second kappa shape index (κ2) is 7.50. The van der Waals surface area contributed by atoms with E-state index >= 15 is 0 Å². The van der Waals surface area contributed by atoms with Crippen LogP contribution in [0.25, 0.3) is 11.0 Å². The molecule has 3 heterocycles. The van der Waals surface area contributed by atoms with Crippen molar-refractivity contribution in [2.45, 2.75) is 33.4 Å². The highest BCUT2D eigenvalue weighted by molar-refractivity contribution is 5.87. The molecule has 1 aliphatic rings. The maximum Gasteiger partial charge on any atom is 0.340 e. The Morgan fingerprint density at radius 3 is 2.63 bits per heavy atom. The van der Waals surface area contributed by atoms with Crippen molar-refractivity contribution >= 4 is 11.0 Å². The van der Waals surface area contributed by atoms with E-state index < -0.39 is 0 Å². The molecule has 0 fully saturated rings. The molecule has 152 valence electrons. The van der Waals surface area contributed by atoms with Gasteiger partial charge in [-0.15, -0.1) is 0 Å². The first-order valence-electron chi connectivity index (χ1n) is 10.1. The van der Waals surface area contributed by atoms with E-state index in [2.05, 4.69) is 11.0 Å². The molecule has 0 unspecified atom stereocenters. The first-order chi connectivity index (χ1) is 14.6. The van der Waals surface area contributed by atoms with Gasteiger partial charge in [-0.05, 0) is 43.2 Å². The van der Waals surface area contributed by atoms with Gasteiger partial charge in [0.2, 0.25) is 0 Å². The third-order valence-corrected chi connectivity index (χ3v) is 5.80. The smallest absolute Gasteiger partial charge is 0.340 e. The fourth-order valence-electron chi connectivity index (χ4n) is 4.22. The number of hydrogen-bond donors (Lipinski definition) is 0. The largest absolute Gasteiger partial charge is 0.477 e. The van der Waals surface area contributed by atoms with Crippen molar-refractivity contribution in [2.75, 3.05) is 6.73 Å². The van der Waals surface area contributed by atoms with Crippen LogP contribution < -0.4 is 10.4 Å². The predicted molar refractivity (Wildman–Crippen MR) is 115 cm³/mol. The van der Waals surface area contributed by atoms with Gasteiger partial charge in [0.1, 0.15) is 23.8 Å². The molecule has 0 atom stereocenters. The van der Waals surface area contributed by atoms with Gasteiger partial charge in [-0.2, -0.15) is 0 Å².